The number of carbonyl (C=O) groups excluding carboxylic acids is 2. The normalized spacial score (nSPS) is 17.8. The van der Waals surface area contributed by atoms with Crippen molar-refractivity contribution in [1.29, 1.82) is 0 Å². The minimum Gasteiger partial charge on any atom is -0.367 e. The Kier molecular flexibility index (Phi) is 3.57. The van der Waals surface area contributed by atoms with Crippen molar-refractivity contribution in [3.8, 4) is 11.3 Å². The zero-order valence-corrected chi connectivity index (χ0v) is 14.4. The number of nitrogens with one attached hydrogen (secondary N) is 3. The summed E-state index contributed by atoms with van der Waals surface area (Å²) >= 11 is 0. The van der Waals surface area contributed by atoms with Crippen molar-refractivity contribution in [3.63, 3.8) is 0 Å². The smallest absolute Gasteiger partial charge is 0.326 e. The first-order valence-corrected chi connectivity index (χ1v) is 8.68. The molecule has 0 bridgehead atoms. The van der Waals surface area contributed by atoms with E-state index in [2.05, 4.69) is 31.0 Å². The van der Waals surface area contributed by atoms with E-state index < -0.39 is 17.9 Å². The molecule has 1 aliphatic heterocycles. The lowest BCUT2D eigenvalue weighted by Gasteiger charge is -2.10. The number of aromatic nitrogens is 4. The molecule has 3 N–H and O–H groups in total. The van der Waals surface area contributed by atoms with E-state index in [1.165, 1.54) is 18.3 Å². The average Bonchev–Trinajstić information content (AvgIpc) is 3.30. The molecule has 3 aromatic heterocycles. The van der Waals surface area contributed by atoms with Gasteiger partial charge in [0.05, 0.1) is 11.9 Å². The number of carbonyl (C=O) groups is 2. The van der Waals surface area contributed by atoms with Gasteiger partial charge in [-0.2, -0.15) is 14.0 Å². The Morgan fingerprint density at radius 2 is 2.11 bits per heavy atom. The van der Waals surface area contributed by atoms with Crippen LogP contribution >= 0.6 is 0 Å². The Morgan fingerprint density at radius 3 is 2.82 bits per heavy atom. The lowest BCUT2D eigenvalue weighted by Crippen LogP contribution is -2.22. The van der Waals surface area contributed by atoms with Gasteiger partial charge in [-0.25, -0.2) is 14.8 Å². The van der Waals surface area contributed by atoms with Crippen molar-refractivity contribution in [2.45, 2.75) is 18.9 Å². The molecule has 2 aliphatic rings. The second-order valence-electron chi connectivity index (χ2n) is 6.61. The first-order chi connectivity index (χ1) is 13.6. The molecule has 3 amide bonds. The first-order valence-electron chi connectivity index (χ1n) is 8.68. The Labute approximate surface area is 157 Å². The number of imide groups is 1. The summed E-state index contributed by atoms with van der Waals surface area (Å²) in [5.41, 5.74) is 2.23. The van der Waals surface area contributed by atoms with Gasteiger partial charge < -0.3 is 10.6 Å². The molecule has 1 saturated heterocycles. The highest BCUT2D eigenvalue weighted by Crippen LogP contribution is 2.29. The maximum absolute atomic E-state index is 13.6. The lowest BCUT2D eigenvalue weighted by atomic mass is 10.2. The van der Waals surface area contributed by atoms with E-state index in [4.69, 9.17) is 0 Å². The van der Waals surface area contributed by atoms with Gasteiger partial charge in [-0.3, -0.25) is 10.1 Å². The summed E-state index contributed by atoms with van der Waals surface area (Å²) in [6.07, 6.45) is 6.57. The molecular weight excluding hydrogens is 365 g/mol. The predicted molar refractivity (Wildman–Crippen MR) is 97.5 cm³/mol. The third kappa shape index (κ3) is 2.94. The minimum atomic E-state index is -0.600. The van der Waals surface area contributed by atoms with Crippen LogP contribution in [0, 0.1) is 5.95 Å². The molecular formula is C18H14FN7O2. The summed E-state index contributed by atoms with van der Waals surface area (Å²) in [6.45, 7) is 0. The Bertz CT molecular complexity index is 1170. The largest absolute Gasteiger partial charge is 0.367 e. The number of pyridine rings is 1. The van der Waals surface area contributed by atoms with Crippen LogP contribution in [-0.4, -0.2) is 37.6 Å². The molecule has 9 nitrogen and oxygen atoms in total. The highest BCUT2D eigenvalue weighted by molar-refractivity contribution is 6.14. The molecule has 0 radical (unpaired) electrons. The van der Waals surface area contributed by atoms with Gasteiger partial charge in [0.15, 0.2) is 5.65 Å². The number of rotatable bonds is 4. The number of fused-ring (bicyclic) bond motifs is 1. The number of urea groups is 1. The van der Waals surface area contributed by atoms with E-state index >= 15 is 0 Å². The monoisotopic (exact) mass is 379 g/mol. The second kappa shape index (κ2) is 6.12. The molecule has 2 fully saturated rings. The lowest BCUT2D eigenvalue weighted by molar-refractivity contribution is -0.115. The van der Waals surface area contributed by atoms with Crippen LogP contribution in [0.1, 0.15) is 18.4 Å². The second-order valence-corrected chi connectivity index (χ2v) is 6.61. The Balaban J connectivity index is 1.66. The van der Waals surface area contributed by atoms with Gasteiger partial charge in [-0.15, -0.1) is 0 Å². The van der Waals surface area contributed by atoms with Crippen LogP contribution in [-0.2, 0) is 4.79 Å². The highest BCUT2D eigenvalue weighted by atomic mass is 19.1. The Hall–Kier alpha value is -3.82. The highest BCUT2D eigenvalue weighted by Gasteiger charge is 2.25. The SMILES string of the molecule is O=C1NC(=O)C(=Cc2cnn3c(NC4CC4)cc(-c4ccnc(F)c4)nc23)N1. The maximum Gasteiger partial charge on any atom is 0.326 e. The molecule has 140 valence electrons. The molecule has 3 aromatic rings. The zero-order valence-electron chi connectivity index (χ0n) is 14.4. The Morgan fingerprint density at radius 1 is 1.25 bits per heavy atom. The number of hydrogen-bond donors (Lipinski definition) is 3. The van der Waals surface area contributed by atoms with Crippen molar-refractivity contribution in [2.24, 2.45) is 0 Å². The number of halogens is 1. The molecule has 0 spiro atoms. The molecule has 28 heavy (non-hydrogen) atoms. The standard InChI is InChI=1S/C18H14FN7O2/c19-14-6-9(3-4-20-14)12-7-15(22-11-1-2-11)26-16(23-12)10(8-21-26)5-13-17(27)25-18(28)24-13/h3-8,11,22H,1-2H2,(H2,24,25,27,28). The van der Waals surface area contributed by atoms with E-state index in [0.717, 1.165) is 12.8 Å². The van der Waals surface area contributed by atoms with Crippen LogP contribution in [0.5, 0.6) is 0 Å². The third-order valence-electron chi connectivity index (χ3n) is 4.47. The molecule has 0 aromatic carbocycles. The van der Waals surface area contributed by atoms with Gasteiger partial charge >= 0.3 is 6.03 Å². The van der Waals surface area contributed by atoms with Gasteiger partial charge in [-0.05, 0) is 25.0 Å². The van der Waals surface area contributed by atoms with Gasteiger partial charge in [0.1, 0.15) is 11.5 Å². The molecule has 5 rings (SSSR count). The van der Waals surface area contributed by atoms with Crippen molar-refractivity contribution >= 4 is 29.5 Å². The first kappa shape index (κ1) is 16.4. The van der Waals surface area contributed by atoms with Crippen LogP contribution in [0.4, 0.5) is 15.0 Å². The number of amides is 3. The summed E-state index contributed by atoms with van der Waals surface area (Å²) in [6, 6.07) is 4.55. The summed E-state index contributed by atoms with van der Waals surface area (Å²) in [5, 5.41) is 12.3. The fourth-order valence-corrected chi connectivity index (χ4v) is 2.97. The molecule has 0 unspecified atom stereocenters. The van der Waals surface area contributed by atoms with Gasteiger partial charge in [-0.1, -0.05) is 0 Å². The average molecular weight is 379 g/mol. The van der Waals surface area contributed by atoms with Crippen LogP contribution in [0.2, 0.25) is 0 Å². The molecule has 1 aliphatic carbocycles. The van der Waals surface area contributed by atoms with Crippen molar-refractivity contribution in [2.75, 3.05) is 5.32 Å². The van der Waals surface area contributed by atoms with Crippen LogP contribution in [0.25, 0.3) is 23.0 Å². The van der Waals surface area contributed by atoms with Crippen LogP contribution < -0.4 is 16.0 Å². The van der Waals surface area contributed by atoms with Crippen molar-refractivity contribution < 1.29 is 14.0 Å². The molecule has 1 saturated carbocycles. The van der Waals surface area contributed by atoms with E-state index in [-0.39, 0.29) is 5.70 Å². The van der Waals surface area contributed by atoms with E-state index in [9.17, 15) is 14.0 Å². The van der Waals surface area contributed by atoms with Gasteiger partial charge in [0.2, 0.25) is 5.95 Å². The molecule has 0 atom stereocenters. The molecule has 4 heterocycles. The van der Waals surface area contributed by atoms with Crippen LogP contribution in [0.3, 0.4) is 0 Å². The van der Waals surface area contributed by atoms with Crippen molar-refractivity contribution in [3.05, 3.63) is 47.8 Å². The zero-order chi connectivity index (χ0) is 19.3. The quantitative estimate of drug-likeness (QED) is 0.361. The van der Waals surface area contributed by atoms with Gasteiger partial charge in [0.25, 0.3) is 5.91 Å². The summed E-state index contributed by atoms with van der Waals surface area (Å²) in [4.78, 5) is 31.3. The van der Waals surface area contributed by atoms with E-state index in [1.807, 2.05) is 0 Å². The van der Waals surface area contributed by atoms with Crippen LogP contribution in [0.15, 0.2) is 36.3 Å². The van der Waals surface area contributed by atoms with E-state index in [0.29, 0.717) is 34.3 Å². The minimum absolute atomic E-state index is 0.110. The summed E-state index contributed by atoms with van der Waals surface area (Å²) in [5.74, 6) is -0.408. The number of anilines is 1. The third-order valence-corrected chi connectivity index (χ3v) is 4.47. The number of hydrogen-bond acceptors (Lipinski definition) is 6. The predicted octanol–water partition coefficient (Wildman–Crippen LogP) is 1.68. The topological polar surface area (TPSA) is 113 Å². The summed E-state index contributed by atoms with van der Waals surface area (Å²) in [7, 11) is 0. The molecule has 10 heteroatoms. The van der Waals surface area contributed by atoms with E-state index in [1.54, 1.807) is 22.8 Å². The van der Waals surface area contributed by atoms with Crippen molar-refractivity contribution in [1.82, 2.24) is 30.2 Å². The maximum atomic E-state index is 13.6. The fourth-order valence-electron chi connectivity index (χ4n) is 2.97. The summed E-state index contributed by atoms with van der Waals surface area (Å²) < 4.78 is 15.2. The van der Waals surface area contributed by atoms with Gasteiger partial charge in [0, 0.05) is 35.5 Å². The fraction of sp³-hybridized carbons (Fsp3) is 0.167. The number of nitrogens with zero attached hydrogens (tertiary/aromatic N) is 4.